The van der Waals surface area contributed by atoms with Gasteiger partial charge in [0, 0.05) is 23.8 Å². The topological polar surface area (TPSA) is 88.9 Å². The van der Waals surface area contributed by atoms with Gasteiger partial charge in [-0.2, -0.15) is 5.10 Å². The summed E-state index contributed by atoms with van der Waals surface area (Å²) in [5.41, 5.74) is 3.23. The van der Waals surface area contributed by atoms with E-state index in [0.29, 0.717) is 34.5 Å². The first kappa shape index (κ1) is 19.4. The molecular formula is C23H21N5O2S. The minimum absolute atomic E-state index is 0.0342. The van der Waals surface area contributed by atoms with Gasteiger partial charge in [0.2, 0.25) is 5.91 Å². The van der Waals surface area contributed by atoms with Crippen LogP contribution in [0.15, 0.2) is 54.0 Å². The predicted octanol–water partition coefficient (Wildman–Crippen LogP) is 4.78. The summed E-state index contributed by atoms with van der Waals surface area (Å²) in [4.78, 5) is 31.0. The molecule has 1 aliphatic carbocycles. The molecule has 2 amide bonds. The van der Waals surface area contributed by atoms with Crippen molar-refractivity contribution in [3.63, 3.8) is 0 Å². The number of rotatable bonds is 6. The average molecular weight is 432 g/mol. The molecule has 1 aromatic carbocycles. The zero-order valence-corrected chi connectivity index (χ0v) is 17.8. The fourth-order valence-electron chi connectivity index (χ4n) is 3.48. The lowest BCUT2D eigenvalue weighted by molar-refractivity contribution is -0.117. The Morgan fingerprint density at radius 2 is 1.94 bits per heavy atom. The smallest absolute Gasteiger partial charge is 0.256 e. The van der Waals surface area contributed by atoms with Crippen LogP contribution >= 0.6 is 11.3 Å². The maximum Gasteiger partial charge on any atom is 0.256 e. The van der Waals surface area contributed by atoms with Crippen molar-refractivity contribution in [1.82, 2.24) is 14.8 Å². The summed E-state index contributed by atoms with van der Waals surface area (Å²) < 4.78 is 1.79. The second kappa shape index (κ2) is 7.96. The maximum absolute atomic E-state index is 13.2. The average Bonchev–Trinajstić information content (AvgIpc) is 3.32. The van der Waals surface area contributed by atoms with Gasteiger partial charge in [0.1, 0.15) is 0 Å². The molecule has 0 bridgehead atoms. The summed E-state index contributed by atoms with van der Waals surface area (Å²) in [6.07, 6.45) is 3.57. The number of hydrogen-bond acceptors (Lipinski definition) is 5. The molecule has 1 aliphatic rings. The number of pyridine rings is 1. The van der Waals surface area contributed by atoms with Gasteiger partial charge in [-0.15, -0.1) is 11.3 Å². The number of aryl methyl sites for hydroxylation is 1. The van der Waals surface area contributed by atoms with E-state index in [-0.39, 0.29) is 17.7 Å². The lowest BCUT2D eigenvalue weighted by Gasteiger charge is -2.10. The van der Waals surface area contributed by atoms with Crippen LogP contribution in [0.4, 0.5) is 11.4 Å². The van der Waals surface area contributed by atoms with Crippen molar-refractivity contribution >= 4 is 45.6 Å². The summed E-state index contributed by atoms with van der Waals surface area (Å²) in [5, 5.41) is 12.9. The number of carbonyl (C=O) groups is 2. The minimum atomic E-state index is -0.244. The Balaban J connectivity index is 1.47. The summed E-state index contributed by atoms with van der Waals surface area (Å²) in [5.74, 6) is -0.0902. The van der Waals surface area contributed by atoms with E-state index in [9.17, 15) is 9.59 Å². The van der Waals surface area contributed by atoms with Crippen LogP contribution in [0, 0.1) is 5.92 Å². The van der Waals surface area contributed by atoms with E-state index < -0.39 is 0 Å². The highest BCUT2D eigenvalue weighted by molar-refractivity contribution is 7.13. The van der Waals surface area contributed by atoms with E-state index in [0.717, 1.165) is 23.4 Å². The van der Waals surface area contributed by atoms with E-state index in [4.69, 9.17) is 4.98 Å². The number of aromatic nitrogens is 3. The normalized spacial score (nSPS) is 13.3. The molecule has 0 saturated heterocycles. The fourth-order valence-corrected chi connectivity index (χ4v) is 4.17. The first-order valence-electron chi connectivity index (χ1n) is 10.2. The van der Waals surface area contributed by atoms with Gasteiger partial charge in [0.25, 0.3) is 5.91 Å². The van der Waals surface area contributed by atoms with Crippen molar-refractivity contribution < 1.29 is 9.59 Å². The van der Waals surface area contributed by atoms with E-state index in [2.05, 4.69) is 15.7 Å². The van der Waals surface area contributed by atoms with Crippen molar-refractivity contribution in [3.8, 4) is 10.6 Å². The number of carbonyl (C=O) groups excluding carboxylic acids is 2. The van der Waals surface area contributed by atoms with E-state index in [1.165, 1.54) is 0 Å². The van der Waals surface area contributed by atoms with Crippen LogP contribution < -0.4 is 10.6 Å². The quantitative estimate of drug-likeness (QED) is 0.460. The van der Waals surface area contributed by atoms with Crippen molar-refractivity contribution in [1.29, 1.82) is 0 Å². The molecule has 3 aromatic heterocycles. The maximum atomic E-state index is 13.2. The Bertz CT molecular complexity index is 1270. The third kappa shape index (κ3) is 3.94. The van der Waals surface area contributed by atoms with Gasteiger partial charge in [-0.3, -0.25) is 9.59 Å². The first-order chi connectivity index (χ1) is 15.1. The predicted molar refractivity (Wildman–Crippen MR) is 122 cm³/mol. The number of benzene rings is 1. The minimum Gasteiger partial charge on any atom is -0.326 e. The third-order valence-corrected chi connectivity index (χ3v) is 6.16. The van der Waals surface area contributed by atoms with Gasteiger partial charge in [0.05, 0.1) is 27.7 Å². The van der Waals surface area contributed by atoms with Crippen LogP contribution in [0.5, 0.6) is 0 Å². The molecule has 156 valence electrons. The molecule has 4 aromatic rings. The lowest BCUT2D eigenvalue weighted by atomic mass is 10.1. The molecule has 0 radical (unpaired) electrons. The molecule has 8 heteroatoms. The monoisotopic (exact) mass is 431 g/mol. The van der Waals surface area contributed by atoms with Gasteiger partial charge in [-0.25, -0.2) is 9.67 Å². The standard InChI is InChI=1S/C23H21N5O2S/c1-2-28-21-18(13-24-28)17(12-19(27-21)20-7-4-10-31-20)23(30)26-16-6-3-5-15(11-16)25-22(29)14-8-9-14/h3-7,10-14H,2,8-9H2,1H3,(H,25,29)(H,26,30). The highest BCUT2D eigenvalue weighted by atomic mass is 32.1. The Morgan fingerprint density at radius 1 is 1.13 bits per heavy atom. The Kier molecular flexibility index (Phi) is 4.99. The molecule has 3 heterocycles. The molecule has 7 nitrogen and oxygen atoms in total. The second-order valence-electron chi connectivity index (χ2n) is 7.53. The highest BCUT2D eigenvalue weighted by Gasteiger charge is 2.29. The van der Waals surface area contributed by atoms with Crippen LogP contribution in [-0.2, 0) is 11.3 Å². The first-order valence-corrected chi connectivity index (χ1v) is 11.1. The molecule has 0 unspecified atom stereocenters. The summed E-state index contributed by atoms with van der Waals surface area (Å²) in [6.45, 7) is 2.65. The zero-order chi connectivity index (χ0) is 21.4. The van der Waals surface area contributed by atoms with Gasteiger partial charge in [0.15, 0.2) is 5.65 Å². The Hall–Kier alpha value is -3.52. The number of nitrogens with one attached hydrogen (secondary N) is 2. The van der Waals surface area contributed by atoms with Crippen LogP contribution in [0.2, 0.25) is 0 Å². The number of anilines is 2. The number of thiophene rings is 1. The number of amides is 2. The largest absolute Gasteiger partial charge is 0.326 e. The molecular weight excluding hydrogens is 410 g/mol. The number of fused-ring (bicyclic) bond motifs is 1. The highest BCUT2D eigenvalue weighted by Crippen LogP contribution is 2.31. The van der Waals surface area contributed by atoms with Gasteiger partial charge in [-0.1, -0.05) is 12.1 Å². The molecule has 0 atom stereocenters. The van der Waals surface area contributed by atoms with Crippen molar-refractivity contribution in [2.75, 3.05) is 10.6 Å². The van der Waals surface area contributed by atoms with Crippen molar-refractivity contribution in [2.24, 2.45) is 5.92 Å². The molecule has 31 heavy (non-hydrogen) atoms. The Morgan fingerprint density at radius 3 is 2.65 bits per heavy atom. The number of hydrogen-bond donors (Lipinski definition) is 2. The zero-order valence-electron chi connectivity index (χ0n) is 17.0. The summed E-state index contributed by atoms with van der Waals surface area (Å²) in [6, 6.07) is 13.0. The second-order valence-corrected chi connectivity index (χ2v) is 8.48. The van der Waals surface area contributed by atoms with Gasteiger partial charge in [-0.05, 0) is 55.5 Å². The molecule has 0 spiro atoms. The van der Waals surface area contributed by atoms with E-state index in [1.54, 1.807) is 34.3 Å². The van der Waals surface area contributed by atoms with Gasteiger partial charge < -0.3 is 10.6 Å². The summed E-state index contributed by atoms with van der Waals surface area (Å²) >= 11 is 1.58. The summed E-state index contributed by atoms with van der Waals surface area (Å²) in [7, 11) is 0. The van der Waals surface area contributed by atoms with Crippen LogP contribution in [0.25, 0.3) is 21.6 Å². The fraction of sp³-hybridized carbons (Fsp3) is 0.217. The molecule has 1 fully saturated rings. The molecule has 1 saturated carbocycles. The van der Waals surface area contributed by atoms with E-state index in [1.807, 2.05) is 42.6 Å². The third-order valence-electron chi connectivity index (χ3n) is 5.26. The van der Waals surface area contributed by atoms with Crippen LogP contribution in [-0.4, -0.2) is 26.6 Å². The molecule has 5 rings (SSSR count). The SMILES string of the molecule is CCn1ncc2c(C(=O)Nc3cccc(NC(=O)C4CC4)c3)cc(-c3cccs3)nc21. The van der Waals surface area contributed by atoms with Crippen LogP contribution in [0.3, 0.4) is 0 Å². The Labute approximate surface area is 183 Å². The van der Waals surface area contributed by atoms with Crippen molar-refractivity contribution in [2.45, 2.75) is 26.3 Å². The van der Waals surface area contributed by atoms with Crippen molar-refractivity contribution in [3.05, 3.63) is 59.6 Å². The van der Waals surface area contributed by atoms with E-state index >= 15 is 0 Å². The van der Waals surface area contributed by atoms with Gasteiger partial charge >= 0.3 is 0 Å². The lowest BCUT2D eigenvalue weighted by Crippen LogP contribution is -2.15. The molecule has 2 N–H and O–H groups in total. The molecule has 0 aliphatic heterocycles. The van der Waals surface area contributed by atoms with Crippen LogP contribution in [0.1, 0.15) is 30.1 Å². The number of nitrogens with zero attached hydrogens (tertiary/aromatic N) is 3.